The molecule has 48 heavy (non-hydrogen) atoms. The van der Waals surface area contributed by atoms with E-state index in [9.17, 15) is 24.5 Å². The van der Waals surface area contributed by atoms with E-state index < -0.39 is 35.0 Å². The number of carbonyl (C=O) groups is 3. The van der Waals surface area contributed by atoms with Crippen molar-refractivity contribution in [3.05, 3.63) is 99.6 Å². The van der Waals surface area contributed by atoms with Crippen LogP contribution in [0.4, 0.5) is 10.5 Å². The molecule has 3 aromatic carbocycles. The lowest BCUT2D eigenvalue weighted by Crippen LogP contribution is -2.52. The third-order valence-electron chi connectivity index (χ3n) is 8.01. The summed E-state index contributed by atoms with van der Waals surface area (Å²) in [5, 5.41) is 29.6. The number of nitrogens with one attached hydrogen (secondary N) is 5. The van der Waals surface area contributed by atoms with Crippen molar-refractivity contribution in [1.82, 2.24) is 21.3 Å². The molecule has 0 aliphatic heterocycles. The van der Waals surface area contributed by atoms with Crippen molar-refractivity contribution in [2.45, 2.75) is 57.7 Å². The summed E-state index contributed by atoms with van der Waals surface area (Å²) in [6.07, 6.45) is 0.134. The molecule has 13 heteroatoms. The average Bonchev–Trinajstić information content (AvgIpc) is 3.40. The van der Waals surface area contributed by atoms with Gasteiger partial charge in [0.25, 0.3) is 5.69 Å². The van der Waals surface area contributed by atoms with Gasteiger partial charge in [0, 0.05) is 31.6 Å². The van der Waals surface area contributed by atoms with E-state index in [-0.39, 0.29) is 49.5 Å². The van der Waals surface area contributed by atoms with Crippen LogP contribution in [0.5, 0.6) is 0 Å². The number of amides is 2. The topological polar surface area (TPSA) is 185 Å². The molecular formula is C35H42N6O7. The van der Waals surface area contributed by atoms with Crippen LogP contribution in [0.15, 0.2) is 72.8 Å². The number of non-ortho nitro benzene ring substituents is 1. The van der Waals surface area contributed by atoms with Gasteiger partial charge in [-0.25, -0.2) is 9.59 Å². The highest BCUT2D eigenvalue weighted by Crippen LogP contribution is 2.44. The summed E-state index contributed by atoms with van der Waals surface area (Å²) >= 11 is 0. The number of rotatable bonds is 15. The molecule has 2 atom stereocenters. The van der Waals surface area contributed by atoms with Gasteiger partial charge in [0.2, 0.25) is 5.91 Å². The summed E-state index contributed by atoms with van der Waals surface area (Å²) in [4.78, 5) is 50.3. The summed E-state index contributed by atoms with van der Waals surface area (Å²) in [5.41, 5.74) is 4.78. The first-order chi connectivity index (χ1) is 23.1. The van der Waals surface area contributed by atoms with Crippen LogP contribution in [0.3, 0.4) is 0 Å². The van der Waals surface area contributed by atoms with Gasteiger partial charge in [0.05, 0.1) is 4.92 Å². The normalized spacial score (nSPS) is 13.0. The molecule has 4 rings (SSSR count). The zero-order chi connectivity index (χ0) is 34.6. The molecule has 1 aliphatic carbocycles. The van der Waals surface area contributed by atoms with Crippen molar-refractivity contribution in [3.63, 3.8) is 0 Å². The quantitative estimate of drug-likeness (QED) is 0.0389. The number of nitro benzene ring substituents is 1. The van der Waals surface area contributed by atoms with Crippen LogP contribution >= 0.6 is 0 Å². The van der Waals surface area contributed by atoms with Crippen LogP contribution in [-0.4, -0.2) is 61.1 Å². The summed E-state index contributed by atoms with van der Waals surface area (Å²) < 4.78 is 11.2. The van der Waals surface area contributed by atoms with Crippen molar-refractivity contribution >= 4 is 29.6 Å². The van der Waals surface area contributed by atoms with E-state index in [4.69, 9.17) is 14.9 Å². The Hall–Kier alpha value is -5.46. The molecule has 13 nitrogen and oxygen atoms in total. The molecule has 0 fully saturated rings. The van der Waals surface area contributed by atoms with Crippen molar-refractivity contribution in [3.8, 4) is 11.1 Å². The number of esters is 1. The van der Waals surface area contributed by atoms with Gasteiger partial charge in [0.15, 0.2) is 5.96 Å². The van der Waals surface area contributed by atoms with Crippen LogP contribution in [-0.2, 0) is 25.7 Å². The van der Waals surface area contributed by atoms with Gasteiger partial charge in [-0.2, -0.15) is 0 Å². The monoisotopic (exact) mass is 658 g/mol. The first kappa shape index (κ1) is 35.4. The SMILES string of the molecule is CNC(=N)NCCC[C@@H](NC(=O)OCC1c2ccccc2-c2ccccc21)C(=O)N[C@@H](CC(C)C)C(=O)OCc1ccc([N+](=O)[O-])cc1. The molecular weight excluding hydrogens is 616 g/mol. The van der Waals surface area contributed by atoms with E-state index in [2.05, 4.69) is 21.3 Å². The fraction of sp³-hybridized carbons (Fsp3) is 0.371. The minimum atomic E-state index is -1.04. The second-order valence-electron chi connectivity index (χ2n) is 11.9. The number of alkyl carbamates (subject to hydrolysis) is 1. The van der Waals surface area contributed by atoms with Crippen LogP contribution in [0.2, 0.25) is 0 Å². The standard InChI is InChI=1S/C35H42N6O7/c1-22(2)19-31(33(43)47-20-23-14-16-24(17-15-23)41(45)46)39-32(42)30(13-8-18-38-34(36)37-3)40-35(44)48-21-29-27-11-6-4-9-25(27)26-10-5-7-12-28(26)29/h4-7,9-12,14-17,22,29-31H,8,13,18-21H2,1-3H3,(H,39,42)(H,40,44)(H3,36,37,38)/t30-,31+/m1/s1. The Bertz CT molecular complexity index is 1570. The van der Waals surface area contributed by atoms with Crippen molar-refractivity contribution in [2.75, 3.05) is 20.2 Å². The number of nitro groups is 1. The van der Waals surface area contributed by atoms with Gasteiger partial charge < -0.3 is 30.7 Å². The molecule has 2 amide bonds. The highest BCUT2D eigenvalue weighted by Gasteiger charge is 2.31. The molecule has 0 unspecified atom stereocenters. The number of carbonyl (C=O) groups excluding carboxylic acids is 3. The third kappa shape index (κ3) is 9.53. The van der Waals surface area contributed by atoms with E-state index in [0.29, 0.717) is 18.5 Å². The predicted octanol–water partition coefficient (Wildman–Crippen LogP) is 4.60. The lowest BCUT2D eigenvalue weighted by atomic mass is 9.98. The maximum atomic E-state index is 13.6. The maximum Gasteiger partial charge on any atom is 0.407 e. The number of hydrogen-bond donors (Lipinski definition) is 5. The first-order valence-electron chi connectivity index (χ1n) is 15.9. The van der Waals surface area contributed by atoms with Crippen LogP contribution in [0, 0.1) is 21.4 Å². The number of guanidine groups is 1. The Morgan fingerprint density at radius 1 is 0.896 bits per heavy atom. The summed E-state index contributed by atoms with van der Waals surface area (Å²) in [7, 11) is 1.61. The van der Waals surface area contributed by atoms with Gasteiger partial charge in [-0.05, 0) is 65.1 Å². The first-order valence-corrected chi connectivity index (χ1v) is 15.9. The van der Waals surface area contributed by atoms with Crippen molar-refractivity contribution < 1.29 is 28.8 Å². The van der Waals surface area contributed by atoms with Crippen LogP contribution in [0.25, 0.3) is 11.1 Å². The molecule has 0 saturated carbocycles. The fourth-order valence-electron chi connectivity index (χ4n) is 5.59. The zero-order valence-electron chi connectivity index (χ0n) is 27.3. The summed E-state index contributed by atoms with van der Waals surface area (Å²) in [6, 6.07) is 19.6. The Labute approximate surface area is 279 Å². The minimum Gasteiger partial charge on any atom is -0.459 e. The molecule has 0 aromatic heterocycles. The minimum absolute atomic E-state index is 0.0209. The maximum absolute atomic E-state index is 13.6. The molecule has 5 N–H and O–H groups in total. The number of fused-ring (bicyclic) bond motifs is 3. The van der Waals surface area contributed by atoms with Crippen LogP contribution < -0.4 is 21.3 Å². The van der Waals surface area contributed by atoms with Gasteiger partial charge in [-0.15, -0.1) is 0 Å². The van der Waals surface area contributed by atoms with E-state index in [1.165, 1.54) is 24.3 Å². The Balaban J connectivity index is 1.41. The lowest BCUT2D eigenvalue weighted by Gasteiger charge is -2.24. The van der Waals surface area contributed by atoms with E-state index >= 15 is 0 Å². The number of nitrogens with zero attached hydrogens (tertiary/aromatic N) is 1. The molecule has 3 aromatic rings. The predicted molar refractivity (Wildman–Crippen MR) is 180 cm³/mol. The largest absolute Gasteiger partial charge is 0.459 e. The van der Waals surface area contributed by atoms with Gasteiger partial charge in [0.1, 0.15) is 25.3 Å². The van der Waals surface area contributed by atoms with Gasteiger partial charge in [-0.1, -0.05) is 62.4 Å². The van der Waals surface area contributed by atoms with Gasteiger partial charge in [-0.3, -0.25) is 20.3 Å². The molecule has 0 spiro atoms. The van der Waals surface area contributed by atoms with E-state index in [0.717, 1.165) is 22.3 Å². The zero-order valence-corrected chi connectivity index (χ0v) is 27.3. The Morgan fingerprint density at radius 2 is 1.52 bits per heavy atom. The summed E-state index contributed by atoms with van der Waals surface area (Å²) in [5.74, 6) is -1.27. The second kappa shape index (κ2) is 16.9. The Kier molecular flexibility index (Phi) is 12.5. The highest BCUT2D eigenvalue weighted by molar-refractivity contribution is 5.89. The molecule has 1 aliphatic rings. The smallest absolute Gasteiger partial charge is 0.407 e. The van der Waals surface area contributed by atoms with Crippen molar-refractivity contribution in [2.24, 2.45) is 5.92 Å². The fourth-order valence-corrected chi connectivity index (χ4v) is 5.59. The lowest BCUT2D eigenvalue weighted by molar-refractivity contribution is -0.384. The number of ether oxygens (including phenoxy) is 2. The number of hydrogen-bond acceptors (Lipinski definition) is 8. The Morgan fingerprint density at radius 3 is 2.10 bits per heavy atom. The van der Waals surface area contributed by atoms with Crippen LogP contribution in [0.1, 0.15) is 55.7 Å². The average molecular weight is 659 g/mol. The molecule has 0 saturated heterocycles. The molecule has 0 bridgehead atoms. The second-order valence-corrected chi connectivity index (χ2v) is 11.9. The third-order valence-corrected chi connectivity index (χ3v) is 8.01. The van der Waals surface area contributed by atoms with Gasteiger partial charge >= 0.3 is 12.1 Å². The van der Waals surface area contributed by atoms with Crippen molar-refractivity contribution in [1.29, 1.82) is 5.41 Å². The molecule has 0 heterocycles. The highest BCUT2D eigenvalue weighted by atomic mass is 16.6. The van der Waals surface area contributed by atoms with E-state index in [1.54, 1.807) is 7.05 Å². The number of benzene rings is 3. The van der Waals surface area contributed by atoms with E-state index in [1.807, 2.05) is 62.4 Å². The molecule has 0 radical (unpaired) electrons. The summed E-state index contributed by atoms with van der Waals surface area (Å²) in [6.45, 7) is 4.10. The molecule has 254 valence electrons.